The zero-order chi connectivity index (χ0) is 13.5. The smallest absolute Gasteiger partial charge is 0.224 e. The zero-order valence-electron chi connectivity index (χ0n) is 11.5. The Labute approximate surface area is 114 Å². The summed E-state index contributed by atoms with van der Waals surface area (Å²) in [5.74, 6) is 0.196. The molecule has 19 heavy (non-hydrogen) atoms. The van der Waals surface area contributed by atoms with Gasteiger partial charge in [-0.3, -0.25) is 4.79 Å². The molecule has 1 aliphatic heterocycles. The predicted molar refractivity (Wildman–Crippen MR) is 76.2 cm³/mol. The van der Waals surface area contributed by atoms with Gasteiger partial charge in [0.2, 0.25) is 5.91 Å². The Morgan fingerprint density at radius 3 is 2.95 bits per heavy atom. The molecule has 0 aromatic heterocycles. The van der Waals surface area contributed by atoms with Crippen LogP contribution in [0.4, 0.5) is 5.69 Å². The van der Waals surface area contributed by atoms with Gasteiger partial charge in [0.25, 0.3) is 0 Å². The predicted octanol–water partition coefficient (Wildman–Crippen LogP) is 2.13. The molecule has 1 unspecified atom stereocenters. The summed E-state index contributed by atoms with van der Waals surface area (Å²) in [5.41, 5.74) is 1.12. The van der Waals surface area contributed by atoms with Crippen LogP contribution in [0.1, 0.15) is 19.3 Å². The molecule has 104 valence electrons. The van der Waals surface area contributed by atoms with Crippen LogP contribution in [-0.2, 0) is 9.53 Å². The van der Waals surface area contributed by atoms with Crippen LogP contribution >= 0.6 is 0 Å². The van der Waals surface area contributed by atoms with Crippen LogP contribution in [0.5, 0.6) is 0 Å². The van der Waals surface area contributed by atoms with Crippen LogP contribution in [0.3, 0.4) is 0 Å². The van der Waals surface area contributed by atoms with Crippen molar-refractivity contribution in [3.05, 3.63) is 30.3 Å². The van der Waals surface area contributed by atoms with E-state index in [9.17, 15) is 4.79 Å². The van der Waals surface area contributed by atoms with Gasteiger partial charge in [-0.05, 0) is 25.0 Å². The minimum absolute atomic E-state index is 0.196. The van der Waals surface area contributed by atoms with E-state index in [4.69, 9.17) is 4.74 Å². The summed E-state index contributed by atoms with van der Waals surface area (Å²) >= 11 is 0. The highest BCUT2D eigenvalue weighted by molar-refractivity contribution is 5.76. The maximum Gasteiger partial charge on any atom is 0.224 e. The monoisotopic (exact) mass is 262 g/mol. The average Bonchev–Trinajstić information content (AvgIpc) is 2.46. The third-order valence-electron chi connectivity index (χ3n) is 3.44. The molecule has 0 radical (unpaired) electrons. The lowest BCUT2D eigenvalue weighted by atomic mass is 10.0. The van der Waals surface area contributed by atoms with Gasteiger partial charge >= 0.3 is 0 Å². The fraction of sp³-hybridized carbons (Fsp3) is 0.533. The van der Waals surface area contributed by atoms with Crippen molar-refractivity contribution in [2.45, 2.75) is 25.3 Å². The number of ether oxygens (including phenoxy) is 1. The number of likely N-dealkylation sites (tertiary alicyclic amines) is 1. The average molecular weight is 262 g/mol. The molecule has 0 aliphatic carbocycles. The molecule has 1 N–H and O–H groups in total. The maximum atomic E-state index is 12.0. The first-order valence-electron chi connectivity index (χ1n) is 6.88. The molecule has 2 rings (SSSR count). The molecule has 4 heteroatoms. The molecule has 1 heterocycles. The summed E-state index contributed by atoms with van der Waals surface area (Å²) in [7, 11) is 1.63. The molecule has 1 atom stereocenters. The number of carbonyl (C=O) groups excluding carboxylic acids is 1. The van der Waals surface area contributed by atoms with E-state index in [1.54, 1.807) is 7.11 Å². The molecule has 1 aliphatic rings. The molecule has 1 saturated heterocycles. The summed E-state index contributed by atoms with van der Waals surface area (Å²) in [6.45, 7) is 2.17. The lowest BCUT2D eigenvalue weighted by molar-refractivity contribution is -0.133. The largest absolute Gasteiger partial charge is 0.384 e. The fourth-order valence-corrected chi connectivity index (χ4v) is 2.44. The number of rotatable bonds is 5. The Balaban J connectivity index is 1.85. The maximum absolute atomic E-state index is 12.0. The quantitative estimate of drug-likeness (QED) is 0.884. The molecule has 1 aromatic rings. The van der Waals surface area contributed by atoms with E-state index < -0.39 is 0 Å². The standard InChI is InChI=1S/C15H22N2O2/c1-19-11-9-15(18)17-10-5-8-14(12-17)16-13-6-3-2-4-7-13/h2-4,6-7,14,16H,5,8-12H2,1H3. The Bertz CT molecular complexity index is 394. The van der Waals surface area contributed by atoms with Gasteiger partial charge in [-0.2, -0.15) is 0 Å². The highest BCUT2D eigenvalue weighted by Gasteiger charge is 2.23. The molecule has 0 saturated carbocycles. The van der Waals surface area contributed by atoms with Crippen LogP contribution in [-0.4, -0.2) is 43.7 Å². The van der Waals surface area contributed by atoms with Gasteiger partial charge in [0.05, 0.1) is 13.0 Å². The summed E-state index contributed by atoms with van der Waals surface area (Å²) < 4.78 is 4.96. The Morgan fingerprint density at radius 1 is 1.42 bits per heavy atom. The lowest BCUT2D eigenvalue weighted by Crippen LogP contribution is -2.45. The van der Waals surface area contributed by atoms with E-state index in [-0.39, 0.29) is 5.91 Å². The van der Waals surface area contributed by atoms with Gasteiger partial charge in [0, 0.05) is 31.9 Å². The number of anilines is 1. The minimum atomic E-state index is 0.196. The zero-order valence-corrected chi connectivity index (χ0v) is 11.5. The number of benzene rings is 1. The second-order valence-corrected chi connectivity index (χ2v) is 4.93. The molecule has 0 spiro atoms. The molecular formula is C15H22N2O2. The number of nitrogens with one attached hydrogen (secondary N) is 1. The van der Waals surface area contributed by atoms with Gasteiger partial charge in [-0.1, -0.05) is 18.2 Å². The van der Waals surface area contributed by atoms with E-state index >= 15 is 0 Å². The summed E-state index contributed by atoms with van der Waals surface area (Å²) in [5, 5.41) is 3.50. The van der Waals surface area contributed by atoms with Gasteiger partial charge in [0.15, 0.2) is 0 Å². The van der Waals surface area contributed by atoms with E-state index in [1.807, 2.05) is 23.1 Å². The van der Waals surface area contributed by atoms with Crippen molar-refractivity contribution in [2.24, 2.45) is 0 Å². The lowest BCUT2D eigenvalue weighted by Gasteiger charge is -2.33. The van der Waals surface area contributed by atoms with E-state index in [0.29, 0.717) is 19.1 Å². The summed E-state index contributed by atoms with van der Waals surface area (Å²) in [4.78, 5) is 13.9. The number of methoxy groups -OCH3 is 1. The van der Waals surface area contributed by atoms with E-state index in [1.165, 1.54) is 0 Å². The molecule has 4 nitrogen and oxygen atoms in total. The number of hydrogen-bond acceptors (Lipinski definition) is 3. The molecular weight excluding hydrogens is 240 g/mol. The third-order valence-corrected chi connectivity index (χ3v) is 3.44. The van der Waals surface area contributed by atoms with Crippen LogP contribution in [0.15, 0.2) is 30.3 Å². The number of amides is 1. The number of nitrogens with zero attached hydrogens (tertiary/aromatic N) is 1. The second-order valence-electron chi connectivity index (χ2n) is 4.93. The minimum Gasteiger partial charge on any atom is -0.384 e. The highest BCUT2D eigenvalue weighted by atomic mass is 16.5. The molecule has 0 bridgehead atoms. The second kappa shape index (κ2) is 7.14. The summed E-state index contributed by atoms with van der Waals surface area (Å²) in [6.07, 6.45) is 2.65. The highest BCUT2D eigenvalue weighted by Crippen LogP contribution is 2.16. The number of piperidine rings is 1. The first-order valence-corrected chi connectivity index (χ1v) is 6.88. The molecule has 1 fully saturated rings. The topological polar surface area (TPSA) is 41.6 Å². The van der Waals surface area contributed by atoms with Crippen molar-refractivity contribution in [1.29, 1.82) is 0 Å². The van der Waals surface area contributed by atoms with Gasteiger partial charge < -0.3 is 15.0 Å². The van der Waals surface area contributed by atoms with Crippen molar-refractivity contribution in [3.63, 3.8) is 0 Å². The van der Waals surface area contributed by atoms with Crippen molar-refractivity contribution in [2.75, 3.05) is 32.1 Å². The SMILES string of the molecule is COCCC(=O)N1CCCC(Nc2ccccc2)C1. The van der Waals surface area contributed by atoms with Crippen molar-refractivity contribution < 1.29 is 9.53 Å². The van der Waals surface area contributed by atoms with Crippen molar-refractivity contribution in [1.82, 2.24) is 4.90 Å². The van der Waals surface area contributed by atoms with Gasteiger partial charge in [-0.25, -0.2) is 0 Å². The number of para-hydroxylation sites is 1. The van der Waals surface area contributed by atoms with Crippen LogP contribution in [0.25, 0.3) is 0 Å². The van der Waals surface area contributed by atoms with E-state index in [0.717, 1.165) is 31.6 Å². The van der Waals surface area contributed by atoms with Crippen molar-refractivity contribution in [3.8, 4) is 0 Å². The first-order chi connectivity index (χ1) is 9.29. The van der Waals surface area contributed by atoms with Crippen LogP contribution in [0, 0.1) is 0 Å². The molecule has 1 amide bonds. The molecule has 1 aromatic carbocycles. The Kier molecular flexibility index (Phi) is 5.21. The van der Waals surface area contributed by atoms with Crippen molar-refractivity contribution >= 4 is 11.6 Å². The Hall–Kier alpha value is -1.55. The van der Waals surface area contributed by atoms with Crippen LogP contribution < -0.4 is 5.32 Å². The number of hydrogen-bond donors (Lipinski definition) is 1. The van der Waals surface area contributed by atoms with Gasteiger partial charge in [-0.15, -0.1) is 0 Å². The third kappa shape index (κ3) is 4.24. The van der Waals surface area contributed by atoms with Gasteiger partial charge in [0.1, 0.15) is 0 Å². The van der Waals surface area contributed by atoms with E-state index in [2.05, 4.69) is 17.4 Å². The Morgan fingerprint density at radius 2 is 2.21 bits per heavy atom. The summed E-state index contributed by atoms with van der Waals surface area (Å²) in [6, 6.07) is 10.5. The fourth-order valence-electron chi connectivity index (χ4n) is 2.44. The first kappa shape index (κ1) is 13.9. The normalized spacial score (nSPS) is 19.2. The number of carbonyl (C=O) groups is 1. The van der Waals surface area contributed by atoms with Crippen LogP contribution in [0.2, 0.25) is 0 Å².